The fourth-order valence-corrected chi connectivity index (χ4v) is 2.54. The molecule has 1 heterocycles. The molecule has 0 saturated heterocycles. The SMILES string of the molecule is NC(=O)c1ccc(C(=O)NCCc2c[nH]c3ccccc23)cc1. The van der Waals surface area contributed by atoms with Crippen molar-refractivity contribution in [1.82, 2.24) is 10.3 Å². The highest BCUT2D eigenvalue weighted by molar-refractivity contribution is 5.97. The molecule has 0 saturated carbocycles. The van der Waals surface area contributed by atoms with Crippen LogP contribution in [0.25, 0.3) is 10.9 Å². The molecule has 5 nitrogen and oxygen atoms in total. The summed E-state index contributed by atoms with van der Waals surface area (Å²) in [6.07, 6.45) is 2.72. The number of para-hydroxylation sites is 1. The maximum absolute atomic E-state index is 12.1. The molecule has 0 radical (unpaired) electrons. The summed E-state index contributed by atoms with van der Waals surface area (Å²) in [7, 11) is 0. The van der Waals surface area contributed by atoms with Crippen LogP contribution in [0.3, 0.4) is 0 Å². The van der Waals surface area contributed by atoms with Gasteiger partial charge in [0.1, 0.15) is 0 Å². The molecule has 0 spiro atoms. The normalized spacial score (nSPS) is 10.6. The number of nitrogens with one attached hydrogen (secondary N) is 2. The Morgan fingerprint density at radius 3 is 2.43 bits per heavy atom. The summed E-state index contributed by atoms with van der Waals surface area (Å²) in [4.78, 5) is 26.3. The molecule has 3 aromatic rings. The lowest BCUT2D eigenvalue weighted by atomic mass is 10.1. The van der Waals surface area contributed by atoms with E-state index in [0.29, 0.717) is 17.7 Å². The average molecular weight is 307 g/mol. The lowest BCUT2D eigenvalue weighted by Crippen LogP contribution is -2.25. The third-order valence-electron chi connectivity index (χ3n) is 3.79. The molecule has 0 atom stereocenters. The van der Waals surface area contributed by atoms with E-state index < -0.39 is 5.91 Å². The summed E-state index contributed by atoms with van der Waals surface area (Å²) >= 11 is 0. The topological polar surface area (TPSA) is 88.0 Å². The molecule has 116 valence electrons. The highest BCUT2D eigenvalue weighted by Crippen LogP contribution is 2.17. The summed E-state index contributed by atoms with van der Waals surface area (Å²) in [6.45, 7) is 0.540. The Morgan fingerprint density at radius 2 is 1.70 bits per heavy atom. The molecular formula is C18H17N3O2. The van der Waals surface area contributed by atoms with Gasteiger partial charge in [0.2, 0.25) is 5.91 Å². The Kier molecular flexibility index (Phi) is 4.10. The maximum Gasteiger partial charge on any atom is 0.251 e. The largest absolute Gasteiger partial charge is 0.366 e. The second-order valence-corrected chi connectivity index (χ2v) is 5.31. The quantitative estimate of drug-likeness (QED) is 0.675. The van der Waals surface area contributed by atoms with Crippen molar-refractivity contribution in [2.24, 2.45) is 5.73 Å². The Morgan fingerprint density at radius 1 is 1.00 bits per heavy atom. The van der Waals surface area contributed by atoms with Gasteiger partial charge in [0.15, 0.2) is 0 Å². The van der Waals surface area contributed by atoms with E-state index in [1.165, 1.54) is 10.9 Å². The summed E-state index contributed by atoms with van der Waals surface area (Å²) in [5.41, 5.74) is 8.34. The first-order chi connectivity index (χ1) is 11.1. The molecule has 0 aliphatic carbocycles. The number of H-pyrrole nitrogens is 1. The van der Waals surface area contributed by atoms with E-state index in [1.807, 2.05) is 24.4 Å². The Labute approximate surface area is 133 Å². The highest BCUT2D eigenvalue weighted by atomic mass is 16.2. The molecule has 2 amide bonds. The van der Waals surface area contributed by atoms with Gasteiger partial charge in [0.05, 0.1) is 0 Å². The van der Waals surface area contributed by atoms with E-state index >= 15 is 0 Å². The van der Waals surface area contributed by atoms with Gasteiger partial charge in [-0.2, -0.15) is 0 Å². The van der Waals surface area contributed by atoms with Crippen LogP contribution in [0.2, 0.25) is 0 Å². The number of nitrogens with two attached hydrogens (primary N) is 1. The molecule has 4 N–H and O–H groups in total. The van der Waals surface area contributed by atoms with E-state index in [-0.39, 0.29) is 5.91 Å². The van der Waals surface area contributed by atoms with Crippen LogP contribution in [0.4, 0.5) is 0 Å². The number of hydrogen-bond donors (Lipinski definition) is 3. The van der Waals surface area contributed by atoms with Crippen LogP contribution in [-0.2, 0) is 6.42 Å². The number of benzene rings is 2. The Balaban J connectivity index is 1.60. The number of primary amides is 1. The molecule has 23 heavy (non-hydrogen) atoms. The van der Waals surface area contributed by atoms with Gasteiger partial charge in [-0.3, -0.25) is 9.59 Å². The first kappa shape index (κ1) is 14.8. The predicted octanol–water partition coefficient (Wildman–Crippen LogP) is 2.24. The van der Waals surface area contributed by atoms with Gasteiger partial charge in [-0.1, -0.05) is 18.2 Å². The predicted molar refractivity (Wildman–Crippen MR) is 89.3 cm³/mol. The second kappa shape index (κ2) is 6.36. The van der Waals surface area contributed by atoms with E-state index in [0.717, 1.165) is 11.9 Å². The third-order valence-corrected chi connectivity index (χ3v) is 3.79. The molecule has 3 rings (SSSR count). The molecular weight excluding hydrogens is 290 g/mol. The average Bonchev–Trinajstić information content (AvgIpc) is 2.98. The van der Waals surface area contributed by atoms with Crippen LogP contribution in [0, 0.1) is 0 Å². The van der Waals surface area contributed by atoms with Gasteiger partial charge >= 0.3 is 0 Å². The van der Waals surface area contributed by atoms with Crippen LogP contribution in [0.5, 0.6) is 0 Å². The summed E-state index contributed by atoms with van der Waals surface area (Å²) < 4.78 is 0. The van der Waals surface area contributed by atoms with Crippen LogP contribution in [0.1, 0.15) is 26.3 Å². The monoisotopic (exact) mass is 307 g/mol. The minimum atomic E-state index is -0.503. The van der Waals surface area contributed by atoms with E-state index in [2.05, 4.69) is 16.4 Å². The number of carbonyl (C=O) groups excluding carboxylic acids is 2. The van der Waals surface area contributed by atoms with Gasteiger partial charge in [0.25, 0.3) is 5.91 Å². The molecule has 0 aliphatic rings. The fourth-order valence-electron chi connectivity index (χ4n) is 2.54. The number of carbonyl (C=O) groups is 2. The van der Waals surface area contributed by atoms with Crippen molar-refractivity contribution in [3.8, 4) is 0 Å². The molecule has 0 unspecified atom stereocenters. The molecule has 0 fully saturated rings. The van der Waals surface area contributed by atoms with Crippen molar-refractivity contribution in [3.63, 3.8) is 0 Å². The number of aromatic nitrogens is 1. The van der Waals surface area contributed by atoms with Crippen molar-refractivity contribution in [1.29, 1.82) is 0 Å². The zero-order chi connectivity index (χ0) is 16.2. The van der Waals surface area contributed by atoms with Gasteiger partial charge in [-0.25, -0.2) is 0 Å². The van der Waals surface area contributed by atoms with E-state index in [1.54, 1.807) is 24.3 Å². The maximum atomic E-state index is 12.1. The minimum Gasteiger partial charge on any atom is -0.366 e. The van der Waals surface area contributed by atoms with Gasteiger partial charge in [0, 0.05) is 34.8 Å². The molecule has 5 heteroatoms. The molecule has 0 bridgehead atoms. The minimum absolute atomic E-state index is 0.166. The lowest BCUT2D eigenvalue weighted by molar-refractivity contribution is 0.0951. The zero-order valence-electron chi connectivity index (χ0n) is 12.5. The second-order valence-electron chi connectivity index (χ2n) is 5.31. The van der Waals surface area contributed by atoms with E-state index in [9.17, 15) is 9.59 Å². The number of rotatable bonds is 5. The van der Waals surface area contributed by atoms with E-state index in [4.69, 9.17) is 5.73 Å². The highest BCUT2D eigenvalue weighted by Gasteiger charge is 2.08. The van der Waals surface area contributed by atoms with Gasteiger partial charge < -0.3 is 16.0 Å². The van der Waals surface area contributed by atoms with Crippen molar-refractivity contribution in [3.05, 3.63) is 71.4 Å². The number of aromatic amines is 1. The smallest absolute Gasteiger partial charge is 0.251 e. The van der Waals surface area contributed by atoms with Crippen LogP contribution < -0.4 is 11.1 Å². The van der Waals surface area contributed by atoms with Gasteiger partial charge in [-0.05, 0) is 42.3 Å². The van der Waals surface area contributed by atoms with Crippen LogP contribution >= 0.6 is 0 Å². The van der Waals surface area contributed by atoms with Crippen molar-refractivity contribution < 1.29 is 9.59 Å². The van der Waals surface area contributed by atoms with Crippen molar-refractivity contribution in [2.75, 3.05) is 6.54 Å². The number of amides is 2. The number of hydrogen-bond acceptors (Lipinski definition) is 2. The summed E-state index contributed by atoms with van der Waals surface area (Å²) in [6, 6.07) is 14.4. The first-order valence-electron chi connectivity index (χ1n) is 7.38. The van der Waals surface area contributed by atoms with Crippen LogP contribution in [-0.4, -0.2) is 23.3 Å². The van der Waals surface area contributed by atoms with Crippen LogP contribution in [0.15, 0.2) is 54.7 Å². The standard InChI is InChI=1S/C18H17N3O2/c19-17(22)12-5-7-13(8-6-12)18(23)20-10-9-14-11-21-16-4-2-1-3-15(14)16/h1-8,11,21H,9-10H2,(H2,19,22)(H,20,23). The summed E-state index contributed by atoms with van der Waals surface area (Å²) in [5, 5.41) is 4.06. The first-order valence-corrected chi connectivity index (χ1v) is 7.38. The number of fused-ring (bicyclic) bond motifs is 1. The van der Waals surface area contributed by atoms with Crippen molar-refractivity contribution in [2.45, 2.75) is 6.42 Å². The third kappa shape index (κ3) is 3.23. The van der Waals surface area contributed by atoms with Crippen molar-refractivity contribution >= 4 is 22.7 Å². The lowest BCUT2D eigenvalue weighted by Gasteiger charge is -2.05. The summed E-state index contributed by atoms with van der Waals surface area (Å²) in [5.74, 6) is -0.669. The molecule has 2 aromatic carbocycles. The molecule has 1 aromatic heterocycles. The Hall–Kier alpha value is -3.08. The van der Waals surface area contributed by atoms with Gasteiger partial charge in [-0.15, -0.1) is 0 Å². The fraction of sp³-hybridized carbons (Fsp3) is 0.111. The molecule has 0 aliphatic heterocycles. The zero-order valence-corrected chi connectivity index (χ0v) is 12.5. The Bertz CT molecular complexity index is 850.